The lowest BCUT2D eigenvalue weighted by Gasteiger charge is -2.32. The van der Waals surface area contributed by atoms with Crippen LogP contribution in [0.3, 0.4) is 0 Å². The Labute approximate surface area is 119 Å². The number of piperazine rings is 1. The molecule has 1 aliphatic heterocycles. The van der Waals surface area contributed by atoms with E-state index >= 15 is 0 Å². The van der Waals surface area contributed by atoms with E-state index in [1.54, 1.807) is 0 Å². The van der Waals surface area contributed by atoms with Gasteiger partial charge in [-0.3, -0.25) is 0 Å². The molecule has 1 heterocycles. The summed E-state index contributed by atoms with van der Waals surface area (Å²) in [5.41, 5.74) is 0.519. The number of rotatable bonds is 6. The SMILES string of the molecule is CN1CCN(CCCNCc2ccc(F)cc2F)CC1. The van der Waals surface area contributed by atoms with Gasteiger partial charge in [0.05, 0.1) is 0 Å². The van der Waals surface area contributed by atoms with Gasteiger partial charge < -0.3 is 15.1 Å². The van der Waals surface area contributed by atoms with Crippen LogP contribution in [-0.2, 0) is 6.54 Å². The lowest BCUT2D eigenvalue weighted by Crippen LogP contribution is -2.45. The number of halogens is 2. The Kier molecular flexibility index (Phi) is 5.88. The number of nitrogens with one attached hydrogen (secondary N) is 1. The van der Waals surface area contributed by atoms with E-state index in [0.29, 0.717) is 12.1 Å². The molecule has 0 atom stereocenters. The highest BCUT2D eigenvalue weighted by molar-refractivity contribution is 5.18. The van der Waals surface area contributed by atoms with Crippen molar-refractivity contribution in [3.63, 3.8) is 0 Å². The molecule has 1 fully saturated rings. The van der Waals surface area contributed by atoms with Crippen molar-refractivity contribution in [2.75, 3.05) is 46.3 Å². The third-order valence-corrected chi connectivity index (χ3v) is 3.75. The van der Waals surface area contributed by atoms with Crippen LogP contribution in [0.5, 0.6) is 0 Å². The second-order valence-corrected chi connectivity index (χ2v) is 5.41. The second-order valence-electron chi connectivity index (χ2n) is 5.41. The van der Waals surface area contributed by atoms with Crippen LogP contribution >= 0.6 is 0 Å². The number of nitrogens with zero attached hydrogens (tertiary/aromatic N) is 2. The summed E-state index contributed by atoms with van der Waals surface area (Å²) in [5.74, 6) is -1.00. The van der Waals surface area contributed by atoms with Gasteiger partial charge in [-0.05, 0) is 32.6 Å². The first kappa shape index (κ1) is 15.4. The van der Waals surface area contributed by atoms with Crippen LogP contribution in [0.2, 0.25) is 0 Å². The summed E-state index contributed by atoms with van der Waals surface area (Å²) >= 11 is 0. The summed E-state index contributed by atoms with van der Waals surface area (Å²) in [7, 11) is 2.15. The molecular formula is C15H23F2N3. The summed E-state index contributed by atoms with van der Waals surface area (Å²) in [6, 6.07) is 3.73. The Morgan fingerprint density at radius 1 is 1.15 bits per heavy atom. The molecule has 0 bridgehead atoms. The molecule has 1 saturated heterocycles. The van der Waals surface area contributed by atoms with Crippen LogP contribution in [0.1, 0.15) is 12.0 Å². The molecule has 1 aliphatic rings. The van der Waals surface area contributed by atoms with Crippen LogP contribution in [0, 0.1) is 11.6 Å². The lowest BCUT2D eigenvalue weighted by atomic mass is 10.2. The Morgan fingerprint density at radius 2 is 1.90 bits per heavy atom. The van der Waals surface area contributed by atoms with Gasteiger partial charge in [0.25, 0.3) is 0 Å². The molecule has 2 rings (SSSR count). The molecule has 1 N–H and O–H groups in total. The van der Waals surface area contributed by atoms with Crippen LogP contribution < -0.4 is 5.32 Å². The summed E-state index contributed by atoms with van der Waals surface area (Å²) in [6.45, 7) is 6.90. The molecule has 1 aromatic rings. The second kappa shape index (κ2) is 7.67. The van der Waals surface area contributed by atoms with Gasteiger partial charge in [-0.1, -0.05) is 6.07 Å². The molecule has 5 heteroatoms. The standard InChI is InChI=1S/C15H23F2N3/c1-19-7-9-20(10-8-19)6-2-5-18-12-13-3-4-14(16)11-15(13)17/h3-4,11,18H,2,5-10,12H2,1H3. The van der Waals surface area contributed by atoms with Crippen molar-refractivity contribution in [1.29, 1.82) is 0 Å². The fourth-order valence-electron chi connectivity index (χ4n) is 2.39. The zero-order valence-corrected chi connectivity index (χ0v) is 12.0. The number of hydrogen-bond donors (Lipinski definition) is 1. The maximum Gasteiger partial charge on any atom is 0.130 e. The van der Waals surface area contributed by atoms with E-state index in [9.17, 15) is 8.78 Å². The molecule has 0 radical (unpaired) electrons. The zero-order chi connectivity index (χ0) is 14.4. The number of likely N-dealkylation sites (N-methyl/N-ethyl adjacent to an activating group) is 1. The third kappa shape index (κ3) is 4.81. The zero-order valence-electron chi connectivity index (χ0n) is 12.0. The average Bonchev–Trinajstić information content (AvgIpc) is 2.42. The van der Waals surface area contributed by atoms with Crippen molar-refractivity contribution in [3.05, 3.63) is 35.4 Å². The van der Waals surface area contributed by atoms with E-state index in [4.69, 9.17) is 0 Å². The fourth-order valence-corrected chi connectivity index (χ4v) is 2.39. The number of hydrogen-bond acceptors (Lipinski definition) is 3. The fraction of sp³-hybridized carbons (Fsp3) is 0.600. The van der Waals surface area contributed by atoms with Gasteiger partial charge in [-0.15, -0.1) is 0 Å². The predicted octanol–water partition coefficient (Wildman–Crippen LogP) is 1.69. The van der Waals surface area contributed by atoms with Crippen LogP contribution in [0.4, 0.5) is 8.78 Å². The molecule has 112 valence electrons. The van der Waals surface area contributed by atoms with Crippen LogP contribution in [-0.4, -0.2) is 56.1 Å². The summed E-state index contributed by atoms with van der Waals surface area (Å²) in [6.07, 6.45) is 1.05. The van der Waals surface area contributed by atoms with Gasteiger partial charge in [-0.25, -0.2) is 8.78 Å². The number of benzene rings is 1. The topological polar surface area (TPSA) is 18.5 Å². The molecule has 3 nitrogen and oxygen atoms in total. The van der Waals surface area contributed by atoms with Crippen molar-refractivity contribution in [2.24, 2.45) is 0 Å². The highest BCUT2D eigenvalue weighted by Crippen LogP contribution is 2.09. The van der Waals surface area contributed by atoms with Crippen LogP contribution in [0.25, 0.3) is 0 Å². The first-order chi connectivity index (χ1) is 9.65. The van der Waals surface area contributed by atoms with Gasteiger partial charge in [-0.2, -0.15) is 0 Å². The maximum absolute atomic E-state index is 13.4. The van der Waals surface area contributed by atoms with E-state index in [0.717, 1.165) is 51.8 Å². The lowest BCUT2D eigenvalue weighted by molar-refractivity contribution is 0.152. The van der Waals surface area contributed by atoms with E-state index < -0.39 is 11.6 Å². The maximum atomic E-state index is 13.4. The van der Waals surface area contributed by atoms with Gasteiger partial charge in [0.1, 0.15) is 11.6 Å². The molecule has 0 spiro atoms. The van der Waals surface area contributed by atoms with E-state index in [1.165, 1.54) is 12.1 Å². The van der Waals surface area contributed by atoms with Crippen molar-refractivity contribution < 1.29 is 8.78 Å². The summed E-state index contributed by atoms with van der Waals surface area (Å²) in [5, 5.41) is 3.21. The van der Waals surface area contributed by atoms with Crippen molar-refractivity contribution in [3.8, 4) is 0 Å². The predicted molar refractivity (Wildman–Crippen MR) is 76.6 cm³/mol. The van der Waals surface area contributed by atoms with Crippen molar-refractivity contribution >= 4 is 0 Å². The Balaban J connectivity index is 1.59. The summed E-state index contributed by atoms with van der Waals surface area (Å²) in [4.78, 5) is 4.80. The largest absolute Gasteiger partial charge is 0.313 e. The molecule has 0 aromatic heterocycles. The van der Waals surface area contributed by atoms with E-state index in [1.807, 2.05) is 0 Å². The smallest absolute Gasteiger partial charge is 0.130 e. The Morgan fingerprint density at radius 3 is 2.60 bits per heavy atom. The first-order valence-corrected chi connectivity index (χ1v) is 7.21. The third-order valence-electron chi connectivity index (χ3n) is 3.75. The first-order valence-electron chi connectivity index (χ1n) is 7.21. The monoisotopic (exact) mass is 283 g/mol. The Bertz CT molecular complexity index is 418. The molecule has 0 aliphatic carbocycles. The van der Waals surface area contributed by atoms with E-state index in [-0.39, 0.29) is 0 Å². The molecule has 0 unspecified atom stereocenters. The minimum Gasteiger partial charge on any atom is -0.313 e. The van der Waals surface area contributed by atoms with Gasteiger partial charge >= 0.3 is 0 Å². The van der Waals surface area contributed by atoms with Gasteiger partial charge in [0, 0.05) is 44.4 Å². The molecule has 0 amide bonds. The normalized spacial score (nSPS) is 17.6. The minimum absolute atomic E-state index is 0.453. The van der Waals surface area contributed by atoms with Crippen molar-refractivity contribution in [2.45, 2.75) is 13.0 Å². The molecule has 20 heavy (non-hydrogen) atoms. The molecule has 1 aromatic carbocycles. The van der Waals surface area contributed by atoms with Gasteiger partial charge in [0.2, 0.25) is 0 Å². The highest BCUT2D eigenvalue weighted by atomic mass is 19.1. The molecule has 0 saturated carbocycles. The molecular weight excluding hydrogens is 260 g/mol. The quantitative estimate of drug-likeness (QED) is 0.802. The Hall–Kier alpha value is -1.04. The minimum atomic E-state index is -0.527. The van der Waals surface area contributed by atoms with Gasteiger partial charge in [0.15, 0.2) is 0 Å². The van der Waals surface area contributed by atoms with Crippen molar-refractivity contribution in [1.82, 2.24) is 15.1 Å². The average molecular weight is 283 g/mol. The summed E-state index contributed by atoms with van der Waals surface area (Å²) < 4.78 is 26.1. The van der Waals surface area contributed by atoms with Crippen LogP contribution in [0.15, 0.2) is 18.2 Å². The highest BCUT2D eigenvalue weighted by Gasteiger charge is 2.12. The van der Waals surface area contributed by atoms with E-state index in [2.05, 4.69) is 22.2 Å².